The number of sulfonamides is 1. The number of anilines is 3. The van der Waals surface area contributed by atoms with E-state index in [2.05, 4.69) is 21.0 Å². The third-order valence-electron chi connectivity index (χ3n) is 3.76. The van der Waals surface area contributed by atoms with Crippen LogP contribution in [0.1, 0.15) is 13.3 Å². The summed E-state index contributed by atoms with van der Waals surface area (Å²) < 4.78 is 27.5. The first-order valence-corrected chi connectivity index (χ1v) is 9.36. The van der Waals surface area contributed by atoms with Crippen molar-refractivity contribution in [3.63, 3.8) is 0 Å². The molecule has 2 aromatic rings. The zero-order valence-corrected chi connectivity index (χ0v) is 14.6. The Kier molecular flexibility index (Phi) is 4.76. The fourth-order valence-corrected chi connectivity index (χ4v) is 3.62. The minimum Gasteiger partial charge on any atom is -0.348 e. The summed E-state index contributed by atoms with van der Waals surface area (Å²) in [5.41, 5.74) is 2.07. The highest BCUT2D eigenvalue weighted by atomic mass is 32.2. The summed E-state index contributed by atoms with van der Waals surface area (Å²) in [4.78, 5) is 13.3. The normalized spacial score (nSPS) is 13.7. The van der Waals surface area contributed by atoms with Crippen LogP contribution in [0.25, 0.3) is 0 Å². The minimum absolute atomic E-state index is 0.133. The first-order valence-electron chi connectivity index (χ1n) is 7.88. The number of hydrogen-bond acceptors (Lipinski definition) is 4. The summed E-state index contributed by atoms with van der Waals surface area (Å²) in [7, 11) is -3.68. The van der Waals surface area contributed by atoms with Crippen molar-refractivity contribution in [1.29, 1.82) is 0 Å². The maximum atomic E-state index is 12.5. The molecule has 0 radical (unpaired) electrons. The molecule has 0 atom stereocenters. The van der Waals surface area contributed by atoms with Gasteiger partial charge in [0.15, 0.2) is 0 Å². The molecular formula is C18H19N3O3S. The quantitative estimate of drug-likeness (QED) is 0.861. The Balaban J connectivity index is 1.72. The summed E-state index contributed by atoms with van der Waals surface area (Å²) in [6.07, 6.45) is 5.14. The van der Waals surface area contributed by atoms with Gasteiger partial charge < -0.3 is 10.2 Å². The standard InChI is InChI=1S/C18H19N3O3S/c1-14(22)19-15-6-10-18(11-7-15)25(23,24)20-16-4-8-17(9-5-16)21-12-2-3-13-21/h2,4-12,20H,3,13H2,1H3,(H,19,22). The highest BCUT2D eigenvalue weighted by Gasteiger charge is 2.14. The molecule has 130 valence electrons. The number of rotatable bonds is 5. The van der Waals surface area contributed by atoms with Gasteiger partial charge in [0.1, 0.15) is 0 Å². The van der Waals surface area contributed by atoms with Gasteiger partial charge in [-0.1, -0.05) is 6.08 Å². The molecule has 1 aliphatic rings. The van der Waals surface area contributed by atoms with E-state index in [0.717, 1.165) is 18.7 Å². The van der Waals surface area contributed by atoms with E-state index in [0.29, 0.717) is 11.4 Å². The molecule has 1 amide bonds. The van der Waals surface area contributed by atoms with Gasteiger partial charge in [-0.2, -0.15) is 0 Å². The first-order chi connectivity index (χ1) is 11.9. The van der Waals surface area contributed by atoms with E-state index in [4.69, 9.17) is 0 Å². The van der Waals surface area contributed by atoms with Crippen molar-refractivity contribution < 1.29 is 13.2 Å². The average molecular weight is 357 g/mol. The van der Waals surface area contributed by atoms with Crippen LogP contribution in [0.2, 0.25) is 0 Å². The van der Waals surface area contributed by atoms with E-state index in [1.165, 1.54) is 19.1 Å². The molecule has 0 unspecified atom stereocenters. The van der Waals surface area contributed by atoms with Crippen LogP contribution in [0.5, 0.6) is 0 Å². The Morgan fingerprint density at radius 3 is 2.20 bits per heavy atom. The number of carbonyl (C=O) groups excluding carboxylic acids is 1. The second-order valence-electron chi connectivity index (χ2n) is 5.72. The highest BCUT2D eigenvalue weighted by Crippen LogP contribution is 2.23. The van der Waals surface area contributed by atoms with Crippen LogP contribution in [-0.2, 0) is 14.8 Å². The highest BCUT2D eigenvalue weighted by molar-refractivity contribution is 7.92. The predicted octanol–water partition coefficient (Wildman–Crippen LogP) is 3.17. The number of hydrogen-bond donors (Lipinski definition) is 2. The van der Waals surface area contributed by atoms with Gasteiger partial charge in [-0.05, 0) is 55.0 Å². The van der Waals surface area contributed by atoms with Crippen molar-refractivity contribution in [3.8, 4) is 0 Å². The van der Waals surface area contributed by atoms with Gasteiger partial charge in [0.25, 0.3) is 10.0 Å². The third kappa shape index (κ3) is 4.19. The number of nitrogens with one attached hydrogen (secondary N) is 2. The van der Waals surface area contributed by atoms with Crippen LogP contribution < -0.4 is 14.9 Å². The van der Waals surface area contributed by atoms with Gasteiger partial charge in [-0.3, -0.25) is 9.52 Å². The van der Waals surface area contributed by atoms with Crippen molar-refractivity contribution in [2.75, 3.05) is 21.5 Å². The maximum absolute atomic E-state index is 12.5. The number of nitrogens with zero attached hydrogens (tertiary/aromatic N) is 1. The molecule has 6 nitrogen and oxygen atoms in total. The molecule has 0 saturated carbocycles. The molecular weight excluding hydrogens is 338 g/mol. The smallest absolute Gasteiger partial charge is 0.261 e. The maximum Gasteiger partial charge on any atom is 0.261 e. The Morgan fingerprint density at radius 2 is 1.64 bits per heavy atom. The summed E-state index contributed by atoms with van der Waals surface area (Å²) in [6, 6.07) is 13.3. The summed E-state index contributed by atoms with van der Waals surface area (Å²) in [5, 5.41) is 2.60. The van der Waals surface area contributed by atoms with E-state index in [9.17, 15) is 13.2 Å². The molecule has 0 bridgehead atoms. The summed E-state index contributed by atoms with van der Waals surface area (Å²) in [5.74, 6) is -0.207. The molecule has 1 heterocycles. The van der Waals surface area contributed by atoms with Crippen molar-refractivity contribution in [2.24, 2.45) is 0 Å². The fourth-order valence-electron chi connectivity index (χ4n) is 2.56. The number of carbonyl (C=O) groups is 1. The Hall–Kier alpha value is -2.80. The molecule has 0 aromatic heterocycles. The lowest BCUT2D eigenvalue weighted by Gasteiger charge is -2.16. The monoisotopic (exact) mass is 357 g/mol. The lowest BCUT2D eigenvalue weighted by atomic mass is 10.2. The SMILES string of the molecule is CC(=O)Nc1ccc(S(=O)(=O)Nc2ccc(N3C=CCC3)cc2)cc1. The fraction of sp³-hybridized carbons (Fsp3) is 0.167. The number of amides is 1. The second-order valence-corrected chi connectivity index (χ2v) is 7.41. The molecule has 2 N–H and O–H groups in total. The first kappa shape index (κ1) is 17.0. The van der Waals surface area contributed by atoms with Crippen LogP contribution in [0.15, 0.2) is 65.7 Å². The zero-order valence-electron chi connectivity index (χ0n) is 13.8. The van der Waals surface area contributed by atoms with Crippen LogP contribution >= 0.6 is 0 Å². The predicted molar refractivity (Wildman–Crippen MR) is 99.1 cm³/mol. The lowest BCUT2D eigenvalue weighted by Crippen LogP contribution is -2.14. The third-order valence-corrected chi connectivity index (χ3v) is 5.16. The molecule has 0 spiro atoms. The van der Waals surface area contributed by atoms with Gasteiger partial charge in [0.05, 0.1) is 4.90 Å². The number of benzene rings is 2. The van der Waals surface area contributed by atoms with Crippen molar-refractivity contribution in [2.45, 2.75) is 18.2 Å². The van der Waals surface area contributed by atoms with Crippen LogP contribution in [0, 0.1) is 0 Å². The molecule has 2 aromatic carbocycles. The van der Waals surface area contributed by atoms with Gasteiger partial charge in [-0.15, -0.1) is 0 Å². The Labute approximate surface area is 147 Å². The van der Waals surface area contributed by atoms with Crippen LogP contribution in [0.3, 0.4) is 0 Å². The molecule has 0 aliphatic carbocycles. The Bertz CT molecular complexity index is 888. The molecule has 0 fully saturated rings. The topological polar surface area (TPSA) is 78.5 Å². The summed E-state index contributed by atoms with van der Waals surface area (Å²) in [6.45, 7) is 2.33. The van der Waals surface area contributed by atoms with E-state index in [1.54, 1.807) is 24.3 Å². The zero-order chi connectivity index (χ0) is 17.9. The van der Waals surface area contributed by atoms with Gasteiger partial charge in [0, 0.05) is 36.7 Å². The molecule has 0 saturated heterocycles. The lowest BCUT2D eigenvalue weighted by molar-refractivity contribution is -0.114. The van der Waals surface area contributed by atoms with E-state index in [-0.39, 0.29) is 10.8 Å². The van der Waals surface area contributed by atoms with Gasteiger partial charge in [0.2, 0.25) is 5.91 Å². The Morgan fingerprint density at radius 1 is 1.00 bits per heavy atom. The van der Waals surface area contributed by atoms with Crippen molar-refractivity contribution in [1.82, 2.24) is 0 Å². The van der Waals surface area contributed by atoms with Crippen LogP contribution in [-0.4, -0.2) is 20.9 Å². The molecule has 1 aliphatic heterocycles. The molecule has 3 rings (SSSR count). The van der Waals surface area contributed by atoms with Crippen molar-refractivity contribution in [3.05, 3.63) is 60.8 Å². The molecule has 25 heavy (non-hydrogen) atoms. The summed E-state index contributed by atoms with van der Waals surface area (Å²) >= 11 is 0. The van der Waals surface area contributed by atoms with E-state index < -0.39 is 10.0 Å². The average Bonchev–Trinajstić information content (AvgIpc) is 3.09. The van der Waals surface area contributed by atoms with Crippen molar-refractivity contribution >= 4 is 33.0 Å². The van der Waals surface area contributed by atoms with E-state index in [1.807, 2.05) is 18.3 Å². The van der Waals surface area contributed by atoms with Gasteiger partial charge >= 0.3 is 0 Å². The largest absolute Gasteiger partial charge is 0.348 e. The second kappa shape index (κ2) is 6.98. The minimum atomic E-state index is -3.68. The van der Waals surface area contributed by atoms with Crippen LogP contribution in [0.4, 0.5) is 17.1 Å². The molecule has 7 heteroatoms. The van der Waals surface area contributed by atoms with E-state index >= 15 is 0 Å². The van der Waals surface area contributed by atoms with Gasteiger partial charge in [-0.25, -0.2) is 8.42 Å².